The molecule has 1 aromatic carbocycles. The maximum Gasteiger partial charge on any atom is 0.302 e. The van der Waals surface area contributed by atoms with Crippen LogP contribution >= 0.6 is 0 Å². The Morgan fingerprint density at radius 1 is 1.16 bits per heavy atom. The van der Waals surface area contributed by atoms with E-state index in [4.69, 9.17) is 9.47 Å². The molecule has 2 rings (SSSR count). The molecular weight excluding hydrogens is 326 g/mol. The summed E-state index contributed by atoms with van der Waals surface area (Å²) in [6.45, 7) is 4.59. The Hall–Kier alpha value is -2.28. The molecule has 25 heavy (non-hydrogen) atoms. The first-order valence-electron chi connectivity index (χ1n) is 7.98. The number of esters is 1. The Labute approximate surface area is 148 Å². The molecule has 1 aromatic rings. The van der Waals surface area contributed by atoms with Gasteiger partial charge in [0.05, 0.1) is 21.3 Å². The fourth-order valence-electron chi connectivity index (χ4n) is 2.87. The van der Waals surface area contributed by atoms with E-state index in [-0.39, 0.29) is 29.0 Å². The lowest BCUT2D eigenvalue weighted by Gasteiger charge is -2.20. The fourth-order valence-corrected chi connectivity index (χ4v) is 2.87. The van der Waals surface area contributed by atoms with E-state index in [0.29, 0.717) is 17.1 Å². The molecule has 1 N–H and O–H groups in total. The van der Waals surface area contributed by atoms with Crippen LogP contribution in [0.25, 0.3) is 0 Å². The second kappa shape index (κ2) is 9.27. The fraction of sp³-hybridized carbons (Fsp3) is 0.556. The van der Waals surface area contributed by atoms with E-state index in [0.717, 1.165) is 19.5 Å². The maximum absolute atomic E-state index is 11.8. The molecule has 1 unspecified atom stereocenters. The third kappa shape index (κ3) is 5.09. The summed E-state index contributed by atoms with van der Waals surface area (Å²) in [6, 6.07) is 1.68. The Bertz CT molecular complexity index is 628. The lowest BCUT2D eigenvalue weighted by molar-refractivity contribution is -0.137. The Morgan fingerprint density at radius 2 is 1.72 bits per heavy atom. The van der Waals surface area contributed by atoms with E-state index in [1.54, 1.807) is 13.2 Å². The molecule has 7 heteroatoms. The van der Waals surface area contributed by atoms with Gasteiger partial charge in [0.15, 0.2) is 5.78 Å². The van der Waals surface area contributed by atoms with Gasteiger partial charge in [-0.05, 0) is 26.9 Å². The van der Waals surface area contributed by atoms with Gasteiger partial charge in [-0.1, -0.05) is 0 Å². The number of carbonyl (C=O) groups is 2. The highest BCUT2D eigenvalue weighted by molar-refractivity contribution is 6.00. The lowest BCUT2D eigenvalue weighted by atomic mass is 9.92. The number of ketones is 1. The van der Waals surface area contributed by atoms with Gasteiger partial charge in [-0.2, -0.15) is 0 Å². The number of hydrogen-bond donors (Lipinski definition) is 1. The van der Waals surface area contributed by atoms with Gasteiger partial charge in [0.1, 0.15) is 22.8 Å². The molecule has 0 aromatic heterocycles. The van der Waals surface area contributed by atoms with Crippen LogP contribution < -0.4 is 9.47 Å². The number of nitrogens with zero attached hydrogens (tertiary/aromatic N) is 1. The number of methoxy groups -OCH3 is 3. The van der Waals surface area contributed by atoms with Crippen LogP contribution in [0.15, 0.2) is 6.07 Å². The molecule has 0 aliphatic carbocycles. The van der Waals surface area contributed by atoms with Crippen LogP contribution in [0.1, 0.15) is 42.1 Å². The second-order valence-corrected chi connectivity index (χ2v) is 5.92. The largest absolute Gasteiger partial charge is 0.507 e. The highest BCUT2D eigenvalue weighted by Crippen LogP contribution is 2.45. The summed E-state index contributed by atoms with van der Waals surface area (Å²) in [7, 11) is 6.43. The zero-order valence-corrected chi connectivity index (χ0v) is 15.7. The van der Waals surface area contributed by atoms with Crippen molar-refractivity contribution in [2.75, 3.05) is 41.5 Å². The van der Waals surface area contributed by atoms with Crippen molar-refractivity contribution in [2.45, 2.75) is 26.2 Å². The summed E-state index contributed by atoms with van der Waals surface area (Å²) in [6.07, 6.45) is 0.935. The molecular formula is C18H27NO6. The Kier molecular flexibility index (Phi) is 7.70. The first-order chi connectivity index (χ1) is 11.8. The number of carbonyl (C=O) groups excluding carboxylic acids is 2. The standard InChI is InChI=1S/C15H21NO4.C3H6O2/c1-9(17)13-11(19-3)7-12(20-4)14(15(13)18)10-5-6-16(2)8-10;1-3(4)5-2/h7,10,18H,5-6,8H2,1-4H3;1-2H3. The summed E-state index contributed by atoms with van der Waals surface area (Å²) < 4.78 is 14.7. The first-order valence-corrected chi connectivity index (χ1v) is 7.98. The van der Waals surface area contributed by atoms with E-state index in [1.165, 1.54) is 28.1 Å². The van der Waals surface area contributed by atoms with Gasteiger partial charge in [-0.15, -0.1) is 0 Å². The van der Waals surface area contributed by atoms with Crippen LogP contribution in [-0.2, 0) is 9.53 Å². The number of phenols is 1. The van der Waals surface area contributed by atoms with E-state index in [1.807, 2.05) is 7.05 Å². The van der Waals surface area contributed by atoms with Crippen molar-refractivity contribution < 1.29 is 28.9 Å². The number of aromatic hydroxyl groups is 1. The third-order valence-corrected chi connectivity index (χ3v) is 4.14. The SMILES string of the molecule is COC(C)=O.COc1cc(OC)c(C2CCN(C)C2)c(O)c1C(C)=O. The molecule has 140 valence electrons. The van der Waals surface area contributed by atoms with Crippen molar-refractivity contribution >= 4 is 11.8 Å². The van der Waals surface area contributed by atoms with Gasteiger partial charge >= 0.3 is 5.97 Å². The maximum atomic E-state index is 11.8. The summed E-state index contributed by atoms with van der Waals surface area (Å²) in [5.41, 5.74) is 0.945. The second-order valence-electron chi connectivity index (χ2n) is 5.92. The van der Waals surface area contributed by atoms with Crippen LogP contribution in [0.4, 0.5) is 0 Å². The van der Waals surface area contributed by atoms with Crippen molar-refractivity contribution in [1.82, 2.24) is 4.90 Å². The number of likely N-dealkylation sites (tertiary alicyclic amines) is 1. The molecule has 7 nitrogen and oxygen atoms in total. The van der Waals surface area contributed by atoms with Crippen molar-refractivity contribution in [3.63, 3.8) is 0 Å². The molecule has 0 saturated carbocycles. The van der Waals surface area contributed by atoms with E-state index in [9.17, 15) is 14.7 Å². The van der Waals surface area contributed by atoms with Crippen LogP contribution in [0.5, 0.6) is 17.2 Å². The first kappa shape index (κ1) is 20.8. The van der Waals surface area contributed by atoms with E-state index < -0.39 is 0 Å². The summed E-state index contributed by atoms with van der Waals surface area (Å²) in [5.74, 6) is 0.624. The highest BCUT2D eigenvalue weighted by atomic mass is 16.5. The molecule has 1 heterocycles. The Balaban J connectivity index is 0.000000550. The van der Waals surface area contributed by atoms with Gasteiger partial charge in [0, 0.05) is 31.0 Å². The molecule has 0 amide bonds. The van der Waals surface area contributed by atoms with Gasteiger partial charge in [-0.25, -0.2) is 0 Å². The number of phenolic OH excluding ortho intramolecular Hbond substituents is 1. The minimum atomic E-state index is -0.245. The van der Waals surface area contributed by atoms with Gasteiger partial charge in [0.2, 0.25) is 0 Å². The molecule has 1 atom stereocenters. The Morgan fingerprint density at radius 3 is 2.08 bits per heavy atom. The van der Waals surface area contributed by atoms with Crippen molar-refractivity contribution in [3.05, 3.63) is 17.2 Å². The van der Waals surface area contributed by atoms with Crippen LogP contribution in [0.3, 0.4) is 0 Å². The minimum Gasteiger partial charge on any atom is -0.507 e. The monoisotopic (exact) mass is 353 g/mol. The van der Waals surface area contributed by atoms with Crippen molar-refractivity contribution in [2.24, 2.45) is 0 Å². The number of rotatable bonds is 4. The summed E-state index contributed by atoms with van der Waals surface area (Å²) in [5, 5.41) is 10.5. The van der Waals surface area contributed by atoms with Crippen molar-refractivity contribution in [3.8, 4) is 17.2 Å². The van der Waals surface area contributed by atoms with Gasteiger partial charge < -0.3 is 24.2 Å². The zero-order valence-electron chi connectivity index (χ0n) is 15.7. The molecule has 1 aliphatic rings. The molecule has 0 spiro atoms. The predicted molar refractivity (Wildman–Crippen MR) is 93.8 cm³/mol. The molecule has 0 radical (unpaired) electrons. The quantitative estimate of drug-likeness (QED) is 0.656. The predicted octanol–water partition coefficient (Wildman–Crippen LogP) is 2.21. The number of hydrogen-bond acceptors (Lipinski definition) is 7. The topological polar surface area (TPSA) is 85.3 Å². The van der Waals surface area contributed by atoms with Crippen LogP contribution in [0.2, 0.25) is 0 Å². The lowest BCUT2D eigenvalue weighted by Crippen LogP contribution is -2.14. The summed E-state index contributed by atoms with van der Waals surface area (Å²) >= 11 is 0. The average molecular weight is 353 g/mol. The zero-order chi connectivity index (χ0) is 19.1. The highest BCUT2D eigenvalue weighted by Gasteiger charge is 2.30. The number of benzene rings is 1. The number of Topliss-reactive ketones (excluding diaryl/α,β-unsaturated/α-hetero) is 1. The van der Waals surface area contributed by atoms with Crippen LogP contribution in [0, 0.1) is 0 Å². The number of likely N-dealkylation sites (N-methyl/N-ethyl adjacent to an activating group) is 1. The van der Waals surface area contributed by atoms with E-state index in [2.05, 4.69) is 9.64 Å². The average Bonchev–Trinajstić information content (AvgIpc) is 2.99. The molecule has 0 bridgehead atoms. The van der Waals surface area contributed by atoms with E-state index >= 15 is 0 Å². The minimum absolute atomic E-state index is 0.00556. The molecule has 1 aliphatic heterocycles. The van der Waals surface area contributed by atoms with Crippen LogP contribution in [-0.4, -0.2) is 63.2 Å². The van der Waals surface area contributed by atoms with Crippen molar-refractivity contribution in [1.29, 1.82) is 0 Å². The molecule has 1 saturated heterocycles. The summed E-state index contributed by atoms with van der Waals surface area (Å²) in [4.78, 5) is 23.6. The normalized spacial score (nSPS) is 16.6. The number of ether oxygens (including phenoxy) is 3. The van der Waals surface area contributed by atoms with Gasteiger partial charge in [0.25, 0.3) is 0 Å². The van der Waals surface area contributed by atoms with Gasteiger partial charge in [-0.3, -0.25) is 9.59 Å². The molecule has 1 fully saturated rings. The third-order valence-electron chi connectivity index (χ3n) is 4.14. The smallest absolute Gasteiger partial charge is 0.302 e.